The van der Waals surface area contributed by atoms with Crippen LogP contribution in [0, 0.1) is 6.92 Å². The number of carbonyl (C=O) groups excluding carboxylic acids is 1. The Morgan fingerprint density at radius 1 is 1.44 bits per heavy atom. The lowest BCUT2D eigenvalue weighted by molar-refractivity contribution is -0.118. The highest BCUT2D eigenvalue weighted by Gasteiger charge is 2.21. The van der Waals surface area contributed by atoms with Gasteiger partial charge >= 0.3 is 0 Å². The van der Waals surface area contributed by atoms with Crippen LogP contribution in [-0.4, -0.2) is 12.5 Å². The van der Waals surface area contributed by atoms with Crippen molar-refractivity contribution in [3.63, 3.8) is 0 Å². The van der Waals surface area contributed by atoms with Crippen molar-refractivity contribution in [3.05, 3.63) is 34.9 Å². The smallest absolute Gasteiger partial charge is 0.217 e. The third kappa shape index (κ3) is 3.33. The van der Waals surface area contributed by atoms with Crippen molar-refractivity contribution >= 4 is 5.91 Å². The Hall–Kier alpha value is -1.35. The first kappa shape index (κ1) is 13.1. The molecule has 1 aromatic carbocycles. The Kier molecular flexibility index (Phi) is 4.37. The fourth-order valence-corrected chi connectivity index (χ4v) is 2.63. The predicted molar refractivity (Wildman–Crippen MR) is 73.3 cm³/mol. The van der Waals surface area contributed by atoms with Gasteiger partial charge in [0, 0.05) is 12.5 Å². The Bertz CT molecular complexity index is 429. The van der Waals surface area contributed by atoms with Crippen LogP contribution in [-0.2, 0) is 11.2 Å². The SMILES string of the molecule is Cc1ccc2c(c1)C(NCCCCC(N)=O)CC2. The van der Waals surface area contributed by atoms with E-state index in [4.69, 9.17) is 5.73 Å². The number of amides is 1. The zero-order valence-corrected chi connectivity index (χ0v) is 11.0. The maximum Gasteiger partial charge on any atom is 0.217 e. The molecule has 0 bridgehead atoms. The number of rotatable bonds is 6. The van der Waals surface area contributed by atoms with Crippen LogP contribution in [0.2, 0.25) is 0 Å². The van der Waals surface area contributed by atoms with E-state index >= 15 is 0 Å². The first-order chi connectivity index (χ1) is 8.66. The Labute approximate surface area is 109 Å². The zero-order chi connectivity index (χ0) is 13.0. The standard InChI is InChI=1S/C15H22N2O/c1-11-5-6-12-7-8-14(13(12)10-11)17-9-3-2-4-15(16)18/h5-6,10,14,17H,2-4,7-9H2,1H3,(H2,16,18). The van der Waals surface area contributed by atoms with Crippen molar-refractivity contribution in [3.8, 4) is 0 Å². The molecule has 3 N–H and O–H groups in total. The highest BCUT2D eigenvalue weighted by molar-refractivity contribution is 5.73. The molecule has 1 amide bonds. The van der Waals surface area contributed by atoms with Gasteiger partial charge in [-0.15, -0.1) is 0 Å². The molecular weight excluding hydrogens is 224 g/mol. The lowest BCUT2D eigenvalue weighted by Gasteiger charge is -2.14. The lowest BCUT2D eigenvalue weighted by atomic mass is 10.0. The predicted octanol–water partition coefficient (Wildman–Crippen LogP) is 2.23. The first-order valence-corrected chi connectivity index (χ1v) is 6.78. The molecule has 98 valence electrons. The summed E-state index contributed by atoms with van der Waals surface area (Å²) in [5.41, 5.74) is 9.39. The second-order valence-electron chi connectivity index (χ2n) is 5.17. The number of nitrogens with one attached hydrogen (secondary N) is 1. The molecule has 0 aromatic heterocycles. The Balaban J connectivity index is 1.79. The minimum atomic E-state index is -0.197. The fraction of sp³-hybridized carbons (Fsp3) is 0.533. The quantitative estimate of drug-likeness (QED) is 0.756. The molecule has 1 aliphatic rings. The number of primary amides is 1. The largest absolute Gasteiger partial charge is 0.370 e. The Morgan fingerprint density at radius 2 is 2.28 bits per heavy atom. The number of hydrogen-bond donors (Lipinski definition) is 2. The molecule has 1 unspecified atom stereocenters. The van der Waals surface area contributed by atoms with Gasteiger partial charge in [0.25, 0.3) is 0 Å². The minimum Gasteiger partial charge on any atom is -0.370 e. The van der Waals surface area contributed by atoms with E-state index in [0.29, 0.717) is 12.5 Å². The van der Waals surface area contributed by atoms with Gasteiger partial charge < -0.3 is 11.1 Å². The number of unbranched alkanes of at least 4 members (excludes halogenated alkanes) is 1. The molecule has 3 heteroatoms. The molecule has 0 spiro atoms. The van der Waals surface area contributed by atoms with Crippen LogP contribution in [0.5, 0.6) is 0 Å². The molecule has 0 aliphatic heterocycles. The summed E-state index contributed by atoms with van der Waals surface area (Å²) in [5.74, 6) is -0.197. The summed E-state index contributed by atoms with van der Waals surface area (Å²) in [6.07, 6.45) is 4.77. The number of nitrogens with two attached hydrogens (primary N) is 1. The van der Waals surface area contributed by atoms with Crippen LogP contribution in [0.4, 0.5) is 0 Å². The minimum absolute atomic E-state index is 0.197. The topological polar surface area (TPSA) is 55.1 Å². The van der Waals surface area contributed by atoms with Crippen LogP contribution in [0.25, 0.3) is 0 Å². The van der Waals surface area contributed by atoms with Gasteiger partial charge in [0.1, 0.15) is 0 Å². The van der Waals surface area contributed by atoms with Crippen LogP contribution < -0.4 is 11.1 Å². The molecule has 1 atom stereocenters. The van der Waals surface area contributed by atoms with Crippen LogP contribution in [0.3, 0.4) is 0 Å². The summed E-state index contributed by atoms with van der Waals surface area (Å²) in [4.78, 5) is 10.6. The van der Waals surface area contributed by atoms with Gasteiger partial charge in [-0.3, -0.25) is 4.79 Å². The summed E-state index contributed by atoms with van der Waals surface area (Å²) < 4.78 is 0. The van der Waals surface area contributed by atoms with Gasteiger partial charge in [0.15, 0.2) is 0 Å². The summed E-state index contributed by atoms with van der Waals surface area (Å²) in [7, 11) is 0. The van der Waals surface area contributed by atoms with Crippen LogP contribution >= 0.6 is 0 Å². The maximum absolute atomic E-state index is 10.6. The molecule has 0 saturated heterocycles. The number of benzene rings is 1. The third-order valence-electron chi connectivity index (χ3n) is 3.62. The molecule has 18 heavy (non-hydrogen) atoms. The second kappa shape index (κ2) is 6.01. The van der Waals surface area contributed by atoms with Crippen LogP contribution in [0.15, 0.2) is 18.2 Å². The highest BCUT2D eigenvalue weighted by Crippen LogP contribution is 2.31. The van der Waals surface area contributed by atoms with Crippen molar-refractivity contribution < 1.29 is 4.79 Å². The maximum atomic E-state index is 10.6. The third-order valence-corrected chi connectivity index (χ3v) is 3.62. The second-order valence-corrected chi connectivity index (χ2v) is 5.17. The molecule has 0 heterocycles. The molecule has 1 aromatic rings. The normalized spacial score (nSPS) is 17.7. The van der Waals surface area contributed by atoms with Crippen LogP contribution in [0.1, 0.15) is 48.4 Å². The molecule has 0 fully saturated rings. The van der Waals surface area contributed by atoms with Gasteiger partial charge in [0.05, 0.1) is 0 Å². The van der Waals surface area contributed by atoms with E-state index in [9.17, 15) is 4.79 Å². The van der Waals surface area contributed by atoms with Crippen molar-refractivity contribution in [1.29, 1.82) is 0 Å². The summed E-state index contributed by atoms with van der Waals surface area (Å²) in [6, 6.07) is 7.23. The number of carbonyl (C=O) groups is 1. The van der Waals surface area contributed by atoms with E-state index in [1.165, 1.54) is 29.5 Å². The van der Waals surface area contributed by atoms with E-state index in [-0.39, 0.29) is 5.91 Å². The summed E-state index contributed by atoms with van der Waals surface area (Å²) in [5, 5.41) is 3.59. The van der Waals surface area contributed by atoms with Crippen molar-refractivity contribution in [2.45, 2.75) is 45.1 Å². The molecule has 3 nitrogen and oxygen atoms in total. The van der Waals surface area contributed by atoms with E-state index in [2.05, 4.69) is 30.4 Å². The van der Waals surface area contributed by atoms with Crippen molar-refractivity contribution in [2.24, 2.45) is 5.73 Å². The van der Waals surface area contributed by atoms with Gasteiger partial charge in [-0.05, 0) is 50.3 Å². The first-order valence-electron chi connectivity index (χ1n) is 6.78. The Morgan fingerprint density at radius 3 is 3.06 bits per heavy atom. The molecule has 0 radical (unpaired) electrons. The van der Waals surface area contributed by atoms with Gasteiger partial charge in [-0.25, -0.2) is 0 Å². The van der Waals surface area contributed by atoms with E-state index < -0.39 is 0 Å². The average molecular weight is 246 g/mol. The molecular formula is C15H22N2O. The highest BCUT2D eigenvalue weighted by atomic mass is 16.1. The lowest BCUT2D eigenvalue weighted by Crippen LogP contribution is -2.21. The van der Waals surface area contributed by atoms with Gasteiger partial charge in [-0.2, -0.15) is 0 Å². The average Bonchev–Trinajstić information content (AvgIpc) is 2.71. The van der Waals surface area contributed by atoms with E-state index in [0.717, 1.165) is 19.4 Å². The molecule has 0 saturated carbocycles. The van der Waals surface area contributed by atoms with Gasteiger partial charge in [0.2, 0.25) is 5.91 Å². The van der Waals surface area contributed by atoms with Crippen molar-refractivity contribution in [1.82, 2.24) is 5.32 Å². The van der Waals surface area contributed by atoms with E-state index in [1.807, 2.05) is 0 Å². The monoisotopic (exact) mass is 246 g/mol. The molecule has 2 rings (SSSR count). The van der Waals surface area contributed by atoms with Gasteiger partial charge in [-0.1, -0.05) is 23.8 Å². The number of fused-ring (bicyclic) bond motifs is 1. The number of aryl methyl sites for hydroxylation is 2. The fourth-order valence-electron chi connectivity index (χ4n) is 2.63. The van der Waals surface area contributed by atoms with E-state index in [1.54, 1.807) is 0 Å². The number of hydrogen-bond acceptors (Lipinski definition) is 2. The molecule has 1 aliphatic carbocycles. The summed E-state index contributed by atoms with van der Waals surface area (Å²) in [6.45, 7) is 3.11. The van der Waals surface area contributed by atoms with Crippen molar-refractivity contribution in [2.75, 3.05) is 6.54 Å². The zero-order valence-electron chi connectivity index (χ0n) is 11.0. The summed E-state index contributed by atoms with van der Waals surface area (Å²) >= 11 is 0.